The first-order chi connectivity index (χ1) is 7.18. The third kappa shape index (κ3) is 1.87. The van der Waals surface area contributed by atoms with E-state index >= 15 is 0 Å². The fourth-order valence-corrected chi connectivity index (χ4v) is 1.38. The highest BCUT2D eigenvalue weighted by molar-refractivity contribution is 6.32. The number of rotatable bonds is 1. The van der Waals surface area contributed by atoms with Crippen LogP contribution in [0, 0.1) is 0 Å². The van der Waals surface area contributed by atoms with Gasteiger partial charge < -0.3 is 9.52 Å². The van der Waals surface area contributed by atoms with Crippen LogP contribution in [0.25, 0.3) is 11.3 Å². The molecule has 0 amide bonds. The van der Waals surface area contributed by atoms with E-state index in [0.717, 1.165) is 5.56 Å². The topological polar surface area (TPSA) is 50.4 Å². The van der Waals surface area contributed by atoms with Crippen molar-refractivity contribution in [2.75, 3.05) is 0 Å². The molecule has 0 spiro atoms. The Bertz CT molecular complexity index is 531. The predicted octanol–water partition coefficient (Wildman–Crippen LogP) is 2.67. The average molecular weight is 223 g/mol. The standard InChI is InChI=1S/C11H7ClO3/c12-8-6-9(15-11(14)10(8)13)7-4-2-1-3-5-7/h1-6,13H. The first-order valence-corrected chi connectivity index (χ1v) is 4.64. The van der Waals surface area contributed by atoms with Crippen molar-refractivity contribution in [2.45, 2.75) is 0 Å². The molecule has 4 heteroatoms. The summed E-state index contributed by atoms with van der Waals surface area (Å²) in [5.41, 5.74) is -0.0992. The third-order valence-electron chi connectivity index (χ3n) is 1.94. The van der Waals surface area contributed by atoms with E-state index in [4.69, 9.17) is 21.1 Å². The van der Waals surface area contributed by atoms with E-state index in [-0.39, 0.29) is 5.02 Å². The Morgan fingerprint density at radius 2 is 1.87 bits per heavy atom. The minimum absolute atomic E-state index is 0.00916. The number of benzene rings is 1. The lowest BCUT2D eigenvalue weighted by Gasteiger charge is -2.00. The van der Waals surface area contributed by atoms with Crippen LogP contribution in [-0.2, 0) is 0 Å². The highest BCUT2D eigenvalue weighted by Gasteiger charge is 2.09. The molecule has 15 heavy (non-hydrogen) atoms. The van der Waals surface area contributed by atoms with Crippen molar-refractivity contribution < 1.29 is 9.52 Å². The summed E-state index contributed by atoms with van der Waals surface area (Å²) in [6.45, 7) is 0. The molecule has 1 heterocycles. The minimum Gasteiger partial charge on any atom is -0.501 e. The van der Waals surface area contributed by atoms with E-state index in [1.165, 1.54) is 6.07 Å². The molecule has 0 radical (unpaired) electrons. The predicted molar refractivity (Wildman–Crippen MR) is 57.1 cm³/mol. The SMILES string of the molecule is O=c1oc(-c2ccccc2)cc(Cl)c1O. The van der Waals surface area contributed by atoms with Gasteiger partial charge in [-0.05, 0) is 0 Å². The summed E-state index contributed by atoms with van der Waals surface area (Å²) in [7, 11) is 0. The van der Waals surface area contributed by atoms with E-state index < -0.39 is 11.4 Å². The number of aromatic hydroxyl groups is 1. The molecule has 0 saturated heterocycles. The molecular formula is C11H7ClO3. The van der Waals surface area contributed by atoms with Gasteiger partial charge in [-0.25, -0.2) is 4.79 Å². The molecule has 3 nitrogen and oxygen atoms in total. The summed E-state index contributed by atoms with van der Waals surface area (Å²) >= 11 is 5.66. The molecule has 0 atom stereocenters. The van der Waals surface area contributed by atoms with Gasteiger partial charge in [0.15, 0.2) is 0 Å². The normalized spacial score (nSPS) is 10.2. The lowest BCUT2D eigenvalue weighted by Crippen LogP contribution is -1.98. The molecule has 76 valence electrons. The largest absolute Gasteiger partial charge is 0.501 e. The smallest absolute Gasteiger partial charge is 0.380 e. The first-order valence-electron chi connectivity index (χ1n) is 4.26. The Morgan fingerprint density at radius 3 is 2.47 bits per heavy atom. The van der Waals surface area contributed by atoms with E-state index in [9.17, 15) is 4.79 Å². The quantitative estimate of drug-likeness (QED) is 0.807. The molecule has 0 unspecified atom stereocenters. The van der Waals surface area contributed by atoms with E-state index in [1.807, 2.05) is 18.2 Å². The molecule has 0 aliphatic rings. The molecule has 2 rings (SSSR count). The summed E-state index contributed by atoms with van der Waals surface area (Å²) in [6, 6.07) is 10.5. The summed E-state index contributed by atoms with van der Waals surface area (Å²) in [5.74, 6) is -0.222. The van der Waals surface area contributed by atoms with Gasteiger partial charge in [-0.15, -0.1) is 0 Å². The second kappa shape index (κ2) is 3.79. The Morgan fingerprint density at radius 1 is 1.20 bits per heavy atom. The van der Waals surface area contributed by atoms with Crippen molar-refractivity contribution in [3.63, 3.8) is 0 Å². The van der Waals surface area contributed by atoms with Gasteiger partial charge in [0, 0.05) is 11.6 Å². The fraction of sp³-hybridized carbons (Fsp3) is 0. The van der Waals surface area contributed by atoms with Gasteiger partial charge in [0.25, 0.3) is 0 Å². The van der Waals surface area contributed by atoms with Crippen molar-refractivity contribution in [2.24, 2.45) is 0 Å². The molecule has 0 aliphatic heterocycles. The van der Waals surface area contributed by atoms with Gasteiger partial charge in [0.2, 0.25) is 5.75 Å². The highest BCUT2D eigenvalue weighted by Crippen LogP contribution is 2.25. The van der Waals surface area contributed by atoms with Gasteiger partial charge in [0.05, 0.1) is 5.02 Å². The molecule has 0 saturated carbocycles. The summed E-state index contributed by atoms with van der Waals surface area (Å²) in [6.07, 6.45) is 0. The summed E-state index contributed by atoms with van der Waals surface area (Å²) in [4.78, 5) is 11.1. The van der Waals surface area contributed by atoms with Gasteiger partial charge in [-0.2, -0.15) is 0 Å². The summed E-state index contributed by atoms with van der Waals surface area (Å²) in [5, 5.41) is 9.13. The van der Waals surface area contributed by atoms with Crippen LogP contribution in [0.3, 0.4) is 0 Å². The second-order valence-corrected chi connectivity index (χ2v) is 3.37. The lowest BCUT2D eigenvalue weighted by atomic mass is 10.1. The molecule has 1 aromatic carbocycles. The molecule has 0 fully saturated rings. The maximum absolute atomic E-state index is 11.1. The number of hydrogen-bond acceptors (Lipinski definition) is 3. The van der Waals surface area contributed by atoms with Gasteiger partial charge in [0.1, 0.15) is 5.76 Å². The van der Waals surface area contributed by atoms with Gasteiger partial charge >= 0.3 is 5.63 Å². The Hall–Kier alpha value is -1.74. The van der Waals surface area contributed by atoms with Crippen molar-refractivity contribution >= 4 is 11.6 Å². The van der Waals surface area contributed by atoms with Crippen LogP contribution in [-0.4, -0.2) is 5.11 Å². The molecule has 1 aromatic heterocycles. The monoisotopic (exact) mass is 222 g/mol. The summed E-state index contributed by atoms with van der Waals surface area (Å²) < 4.78 is 4.88. The molecular weight excluding hydrogens is 216 g/mol. The Labute approximate surface area is 90.6 Å². The minimum atomic E-state index is -0.832. The van der Waals surface area contributed by atoms with Crippen LogP contribution in [0.1, 0.15) is 0 Å². The van der Waals surface area contributed by atoms with E-state index in [0.29, 0.717) is 5.76 Å². The fourth-order valence-electron chi connectivity index (χ4n) is 1.20. The van der Waals surface area contributed by atoms with Crippen molar-refractivity contribution in [3.8, 4) is 17.1 Å². The Balaban J connectivity index is 2.61. The molecule has 0 aliphatic carbocycles. The zero-order valence-electron chi connectivity index (χ0n) is 7.61. The molecule has 0 bridgehead atoms. The zero-order valence-corrected chi connectivity index (χ0v) is 8.36. The van der Waals surface area contributed by atoms with Crippen molar-refractivity contribution in [1.82, 2.24) is 0 Å². The van der Waals surface area contributed by atoms with Crippen LogP contribution < -0.4 is 5.63 Å². The van der Waals surface area contributed by atoms with Gasteiger partial charge in [-0.1, -0.05) is 41.9 Å². The van der Waals surface area contributed by atoms with E-state index in [2.05, 4.69) is 0 Å². The van der Waals surface area contributed by atoms with Crippen LogP contribution in [0.15, 0.2) is 45.6 Å². The third-order valence-corrected chi connectivity index (χ3v) is 2.23. The average Bonchev–Trinajstić information content (AvgIpc) is 2.26. The van der Waals surface area contributed by atoms with Crippen molar-refractivity contribution in [1.29, 1.82) is 0 Å². The van der Waals surface area contributed by atoms with Crippen LogP contribution in [0.2, 0.25) is 5.02 Å². The number of halogens is 1. The first kappa shape index (κ1) is 9.80. The molecule has 1 N–H and O–H groups in total. The van der Waals surface area contributed by atoms with E-state index in [1.54, 1.807) is 12.1 Å². The zero-order chi connectivity index (χ0) is 10.8. The number of hydrogen-bond donors (Lipinski definition) is 1. The maximum atomic E-state index is 11.1. The Kier molecular flexibility index (Phi) is 2.47. The second-order valence-electron chi connectivity index (χ2n) is 2.96. The van der Waals surface area contributed by atoms with Crippen LogP contribution in [0.5, 0.6) is 5.75 Å². The van der Waals surface area contributed by atoms with Crippen LogP contribution >= 0.6 is 11.6 Å². The maximum Gasteiger partial charge on any atom is 0.380 e. The van der Waals surface area contributed by atoms with Crippen LogP contribution in [0.4, 0.5) is 0 Å². The lowest BCUT2D eigenvalue weighted by molar-refractivity contribution is 0.417. The highest BCUT2D eigenvalue weighted by atomic mass is 35.5. The molecule has 2 aromatic rings. The van der Waals surface area contributed by atoms with Gasteiger partial charge in [-0.3, -0.25) is 0 Å². The van der Waals surface area contributed by atoms with Crippen molar-refractivity contribution in [3.05, 3.63) is 51.8 Å².